The van der Waals surface area contributed by atoms with E-state index >= 15 is 0 Å². The van der Waals surface area contributed by atoms with Gasteiger partial charge in [0.25, 0.3) is 0 Å². The maximum atomic E-state index is 5.75. The summed E-state index contributed by atoms with van der Waals surface area (Å²) < 4.78 is 0. The molecule has 2 nitrogen and oxygen atoms in total. The minimum Gasteiger partial charge on any atom is -0.371 e. The Bertz CT molecular complexity index is 420. The van der Waals surface area contributed by atoms with E-state index in [1.54, 1.807) is 0 Å². The van der Waals surface area contributed by atoms with E-state index < -0.39 is 0 Å². The van der Waals surface area contributed by atoms with Crippen LogP contribution in [0.1, 0.15) is 45.6 Å². The number of hydrogen-bond acceptors (Lipinski definition) is 2. The van der Waals surface area contributed by atoms with Gasteiger partial charge in [-0.15, -0.1) is 0 Å². The Balaban J connectivity index is 2.11. The maximum absolute atomic E-state index is 5.75. The molecule has 2 heteroatoms. The molecular formula is C18H30N2. The average molecular weight is 274 g/mol. The Morgan fingerprint density at radius 2 is 1.90 bits per heavy atom. The van der Waals surface area contributed by atoms with Crippen molar-refractivity contribution in [2.45, 2.75) is 46.5 Å². The van der Waals surface area contributed by atoms with Gasteiger partial charge in [0.1, 0.15) is 0 Å². The molecule has 1 aliphatic rings. The topological polar surface area (TPSA) is 29.3 Å². The predicted molar refractivity (Wildman–Crippen MR) is 88.2 cm³/mol. The molecule has 0 radical (unpaired) electrons. The van der Waals surface area contributed by atoms with Crippen molar-refractivity contribution in [2.24, 2.45) is 17.1 Å². The van der Waals surface area contributed by atoms with Crippen LogP contribution in [0.2, 0.25) is 0 Å². The predicted octanol–water partition coefficient (Wildman–Crippen LogP) is 3.84. The molecule has 1 heterocycles. The number of anilines is 1. The van der Waals surface area contributed by atoms with E-state index in [4.69, 9.17) is 5.73 Å². The number of para-hydroxylation sites is 1. The van der Waals surface area contributed by atoms with E-state index in [9.17, 15) is 0 Å². The Morgan fingerprint density at radius 3 is 2.60 bits per heavy atom. The lowest BCUT2D eigenvalue weighted by molar-refractivity contribution is 0.220. The zero-order valence-electron chi connectivity index (χ0n) is 13.4. The number of benzene rings is 1. The first kappa shape index (κ1) is 15.4. The van der Waals surface area contributed by atoms with E-state index in [0.29, 0.717) is 5.41 Å². The SMILES string of the molecule is CC(C)(C)C1CCCN(c2ccccc2CCN)CC1. The van der Waals surface area contributed by atoms with Crippen LogP contribution in [-0.4, -0.2) is 19.6 Å². The summed E-state index contributed by atoms with van der Waals surface area (Å²) in [6, 6.07) is 8.78. The molecule has 2 rings (SSSR count). The highest BCUT2D eigenvalue weighted by molar-refractivity contribution is 5.54. The molecule has 1 fully saturated rings. The second kappa shape index (κ2) is 6.62. The minimum atomic E-state index is 0.437. The van der Waals surface area contributed by atoms with Crippen LogP contribution in [-0.2, 0) is 6.42 Å². The van der Waals surface area contributed by atoms with Gasteiger partial charge in [-0.05, 0) is 55.2 Å². The van der Waals surface area contributed by atoms with Gasteiger partial charge in [-0.1, -0.05) is 39.0 Å². The Hall–Kier alpha value is -1.02. The molecule has 2 N–H and O–H groups in total. The third-order valence-corrected chi connectivity index (χ3v) is 4.70. The van der Waals surface area contributed by atoms with Gasteiger partial charge in [0.2, 0.25) is 0 Å². The monoisotopic (exact) mass is 274 g/mol. The van der Waals surface area contributed by atoms with Gasteiger partial charge in [0.15, 0.2) is 0 Å². The molecule has 0 aliphatic carbocycles. The average Bonchev–Trinajstić information content (AvgIpc) is 2.65. The summed E-state index contributed by atoms with van der Waals surface area (Å²) in [4.78, 5) is 2.58. The van der Waals surface area contributed by atoms with E-state index in [1.165, 1.54) is 43.6 Å². The number of hydrogen-bond donors (Lipinski definition) is 1. The van der Waals surface area contributed by atoms with Gasteiger partial charge >= 0.3 is 0 Å². The van der Waals surface area contributed by atoms with Crippen molar-refractivity contribution in [1.82, 2.24) is 0 Å². The molecule has 0 bridgehead atoms. The number of nitrogens with zero attached hydrogens (tertiary/aromatic N) is 1. The Morgan fingerprint density at radius 1 is 1.15 bits per heavy atom. The van der Waals surface area contributed by atoms with Crippen LogP contribution >= 0.6 is 0 Å². The normalized spacial score (nSPS) is 20.8. The summed E-state index contributed by atoms with van der Waals surface area (Å²) in [6.07, 6.45) is 4.95. The van der Waals surface area contributed by atoms with E-state index in [1.807, 2.05) is 0 Å². The van der Waals surface area contributed by atoms with Crippen LogP contribution in [0.25, 0.3) is 0 Å². The third-order valence-electron chi connectivity index (χ3n) is 4.70. The van der Waals surface area contributed by atoms with Gasteiger partial charge in [0.05, 0.1) is 0 Å². The first-order valence-electron chi connectivity index (χ1n) is 8.05. The molecule has 0 spiro atoms. The van der Waals surface area contributed by atoms with Crippen molar-refractivity contribution in [2.75, 3.05) is 24.5 Å². The summed E-state index contributed by atoms with van der Waals surface area (Å²) in [7, 11) is 0. The lowest BCUT2D eigenvalue weighted by Crippen LogP contribution is -2.27. The van der Waals surface area contributed by atoms with Gasteiger partial charge in [0, 0.05) is 18.8 Å². The smallest absolute Gasteiger partial charge is 0.0399 e. The third kappa shape index (κ3) is 3.76. The van der Waals surface area contributed by atoms with Gasteiger partial charge in [-0.2, -0.15) is 0 Å². The molecule has 1 saturated heterocycles. The molecular weight excluding hydrogens is 244 g/mol. The molecule has 1 aromatic rings. The molecule has 1 aliphatic heterocycles. The van der Waals surface area contributed by atoms with E-state index in [0.717, 1.165) is 18.9 Å². The fourth-order valence-corrected chi connectivity index (χ4v) is 3.39. The second-order valence-electron chi connectivity index (χ2n) is 7.15. The lowest BCUT2D eigenvalue weighted by Gasteiger charge is -2.30. The molecule has 1 atom stereocenters. The van der Waals surface area contributed by atoms with Crippen LogP contribution in [0, 0.1) is 11.3 Å². The molecule has 20 heavy (non-hydrogen) atoms. The zero-order valence-corrected chi connectivity index (χ0v) is 13.4. The summed E-state index contributed by atoms with van der Waals surface area (Å²) in [6.45, 7) is 10.3. The Labute approximate surface area is 124 Å². The highest BCUT2D eigenvalue weighted by Crippen LogP contribution is 2.35. The fraction of sp³-hybridized carbons (Fsp3) is 0.667. The molecule has 1 unspecified atom stereocenters. The van der Waals surface area contributed by atoms with Gasteiger partial charge in [-0.25, -0.2) is 0 Å². The van der Waals surface area contributed by atoms with Crippen LogP contribution in [0.15, 0.2) is 24.3 Å². The highest BCUT2D eigenvalue weighted by atomic mass is 15.1. The van der Waals surface area contributed by atoms with Gasteiger partial charge in [-0.3, -0.25) is 0 Å². The van der Waals surface area contributed by atoms with E-state index in [2.05, 4.69) is 49.9 Å². The van der Waals surface area contributed by atoms with Crippen LogP contribution in [0.5, 0.6) is 0 Å². The lowest BCUT2D eigenvalue weighted by atomic mass is 9.77. The van der Waals surface area contributed by atoms with Crippen molar-refractivity contribution >= 4 is 5.69 Å². The molecule has 1 aromatic carbocycles. The summed E-state index contributed by atoms with van der Waals surface area (Å²) in [5.41, 5.74) is 9.00. The summed E-state index contributed by atoms with van der Waals surface area (Å²) in [5.74, 6) is 0.842. The van der Waals surface area contributed by atoms with Crippen LogP contribution < -0.4 is 10.6 Å². The standard InChI is InChI=1S/C18H30N2/c1-18(2,3)16-8-6-13-20(14-11-16)17-9-5-4-7-15(17)10-12-19/h4-5,7,9,16H,6,8,10-14,19H2,1-3H3. The van der Waals surface area contributed by atoms with Crippen molar-refractivity contribution in [3.05, 3.63) is 29.8 Å². The summed E-state index contributed by atoms with van der Waals surface area (Å²) >= 11 is 0. The Kier molecular flexibility index (Phi) is 5.09. The summed E-state index contributed by atoms with van der Waals surface area (Å²) in [5, 5.41) is 0. The largest absolute Gasteiger partial charge is 0.371 e. The van der Waals surface area contributed by atoms with Crippen molar-refractivity contribution < 1.29 is 0 Å². The number of nitrogens with two attached hydrogens (primary N) is 1. The molecule has 112 valence electrons. The van der Waals surface area contributed by atoms with Gasteiger partial charge < -0.3 is 10.6 Å². The molecule has 0 saturated carbocycles. The molecule has 0 amide bonds. The minimum absolute atomic E-state index is 0.437. The fourth-order valence-electron chi connectivity index (χ4n) is 3.39. The van der Waals surface area contributed by atoms with Crippen LogP contribution in [0.4, 0.5) is 5.69 Å². The van der Waals surface area contributed by atoms with E-state index in [-0.39, 0.29) is 0 Å². The van der Waals surface area contributed by atoms with Crippen molar-refractivity contribution in [1.29, 1.82) is 0 Å². The molecule has 0 aromatic heterocycles. The van der Waals surface area contributed by atoms with Crippen LogP contribution in [0.3, 0.4) is 0 Å². The van der Waals surface area contributed by atoms with Crippen molar-refractivity contribution in [3.8, 4) is 0 Å². The zero-order chi connectivity index (χ0) is 14.6. The van der Waals surface area contributed by atoms with Crippen molar-refractivity contribution in [3.63, 3.8) is 0 Å². The quantitative estimate of drug-likeness (QED) is 0.907. The first-order valence-corrected chi connectivity index (χ1v) is 8.05. The first-order chi connectivity index (χ1) is 9.52. The second-order valence-corrected chi connectivity index (χ2v) is 7.15. The maximum Gasteiger partial charge on any atom is 0.0399 e. The highest BCUT2D eigenvalue weighted by Gasteiger charge is 2.27. The number of rotatable bonds is 3.